The fourth-order valence-electron chi connectivity index (χ4n) is 10.3. The lowest BCUT2D eigenvalue weighted by Gasteiger charge is -2.30. The molecule has 0 radical (unpaired) electrons. The molecule has 56 heavy (non-hydrogen) atoms. The van der Waals surface area contributed by atoms with Gasteiger partial charge in [-0.25, -0.2) is 0 Å². The van der Waals surface area contributed by atoms with Gasteiger partial charge in [0.15, 0.2) is 0 Å². The van der Waals surface area contributed by atoms with Gasteiger partial charge >= 0.3 is 0 Å². The summed E-state index contributed by atoms with van der Waals surface area (Å²) in [6.07, 6.45) is 0. The van der Waals surface area contributed by atoms with Crippen molar-refractivity contribution in [3.63, 3.8) is 0 Å². The fraction of sp³-hybridized carbons (Fsp3) is 0.111. The van der Waals surface area contributed by atoms with Crippen LogP contribution in [0, 0.1) is 0 Å². The molecule has 0 saturated carbocycles. The number of hydrogen-bond acceptors (Lipinski definition) is 2. The molecular weight excluding hydrogens is 681 g/mol. The molecule has 2 heterocycles. The maximum atomic E-state index is 6.48. The summed E-state index contributed by atoms with van der Waals surface area (Å²) in [5.74, 6) is 0. The van der Waals surface area contributed by atoms with Crippen LogP contribution in [0.4, 0.5) is 0 Å². The number of hydrogen-bond donors (Lipinski definition) is 0. The van der Waals surface area contributed by atoms with Gasteiger partial charge in [0.25, 0.3) is 0 Å². The zero-order valence-electron chi connectivity index (χ0n) is 31.8. The lowest BCUT2D eigenvalue weighted by molar-refractivity contribution is 0.601. The zero-order valence-corrected chi connectivity index (χ0v) is 31.8. The van der Waals surface area contributed by atoms with E-state index >= 15 is 0 Å². The number of rotatable bonds is 3. The molecule has 0 bridgehead atoms. The lowest BCUT2D eigenvalue weighted by Crippen LogP contribution is -2.24. The predicted octanol–water partition coefficient (Wildman–Crippen LogP) is 15.1. The van der Waals surface area contributed by atoms with Gasteiger partial charge in [0, 0.05) is 32.4 Å². The van der Waals surface area contributed by atoms with Gasteiger partial charge in [0.05, 0.1) is 0 Å². The third-order valence-corrected chi connectivity index (χ3v) is 13.0. The molecule has 12 rings (SSSR count). The van der Waals surface area contributed by atoms with Crippen molar-refractivity contribution >= 4 is 43.9 Å². The minimum absolute atomic E-state index is 0.0557. The van der Waals surface area contributed by atoms with Crippen molar-refractivity contribution in [1.82, 2.24) is 0 Å². The molecular formula is C54H38O2. The predicted molar refractivity (Wildman–Crippen MR) is 232 cm³/mol. The molecule has 2 aliphatic carbocycles. The second-order valence-electron chi connectivity index (χ2n) is 16.9. The van der Waals surface area contributed by atoms with Crippen LogP contribution in [-0.4, -0.2) is 0 Å². The Balaban J connectivity index is 0.922. The summed E-state index contributed by atoms with van der Waals surface area (Å²) in [7, 11) is 0. The van der Waals surface area contributed by atoms with Crippen molar-refractivity contribution in [1.29, 1.82) is 0 Å². The van der Waals surface area contributed by atoms with Crippen molar-refractivity contribution in [2.24, 2.45) is 0 Å². The van der Waals surface area contributed by atoms with E-state index < -0.39 is 0 Å². The van der Waals surface area contributed by atoms with Gasteiger partial charge in [0.2, 0.25) is 0 Å². The second-order valence-corrected chi connectivity index (χ2v) is 16.9. The summed E-state index contributed by atoms with van der Waals surface area (Å²) in [6, 6.07) is 57.6. The Morgan fingerprint density at radius 3 is 1.39 bits per heavy atom. The normalized spacial score (nSPS) is 14.7. The molecule has 0 spiro atoms. The molecule has 2 nitrogen and oxygen atoms in total. The van der Waals surface area contributed by atoms with E-state index in [4.69, 9.17) is 8.83 Å². The van der Waals surface area contributed by atoms with Crippen molar-refractivity contribution in [2.45, 2.75) is 38.5 Å². The Bertz CT molecular complexity index is 3300. The van der Waals surface area contributed by atoms with E-state index in [1.807, 2.05) is 6.07 Å². The van der Waals surface area contributed by atoms with Gasteiger partial charge < -0.3 is 8.83 Å². The van der Waals surface area contributed by atoms with E-state index in [-0.39, 0.29) is 10.8 Å². The van der Waals surface area contributed by atoms with Crippen molar-refractivity contribution in [2.75, 3.05) is 0 Å². The second kappa shape index (κ2) is 11.0. The molecule has 0 amide bonds. The van der Waals surface area contributed by atoms with Gasteiger partial charge in [-0.1, -0.05) is 137 Å². The third-order valence-electron chi connectivity index (χ3n) is 13.0. The molecule has 8 aromatic carbocycles. The Kier molecular flexibility index (Phi) is 6.22. The monoisotopic (exact) mass is 718 g/mol. The van der Waals surface area contributed by atoms with E-state index in [9.17, 15) is 0 Å². The van der Waals surface area contributed by atoms with Crippen molar-refractivity contribution in [3.8, 4) is 55.6 Å². The summed E-state index contributed by atoms with van der Waals surface area (Å²) >= 11 is 0. The Morgan fingerprint density at radius 1 is 0.304 bits per heavy atom. The first-order valence-electron chi connectivity index (χ1n) is 19.7. The Morgan fingerprint density at radius 2 is 0.750 bits per heavy atom. The molecule has 2 aliphatic rings. The SMILES string of the molecule is CC1(C)c2ccccc2-c2ccc3c(c21)C(C)(C)c1cc(-c2cccc(-c4ccc5oc6cc7c(cc6c5c4)oc4ccc(-c5ccccc5)cc47)c2)ccc1-3. The first-order chi connectivity index (χ1) is 27.2. The van der Waals surface area contributed by atoms with Crippen LogP contribution in [0.1, 0.15) is 49.9 Å². The maximum absolute atomic E-state index is 6.48. The molecule has 0 aliphatic heterocycles. The maximum Gasteiger partial charge on any atom is 0.136 e. The van der Waals surface area contributed by atoms with Crippen molar-refractivity contribution in [3.05, 3.63) is 180 Å². The van der Waals surface area contributed by atoms with E-state index in [1.54, 1.807) is 0 Å². The van der Waals surface area contributed by atoms with Crippen LogP contribution in [0.25, 0.3) is 99.5 Å². The molecule has 10 aromatic rings. The van der Waals surface area contributed by atoms with E-state index in [0.29, 0.717) is 0 Å². The topological polar surface area (TPSA) is 26.3 Å². The largest absolute Gasteiger partial charge is 0.456 e. The minimum Gasteiger partial charge on any atom is -0.456 e. The van der Waals surface area contributed by atoms with Crippen LogP contribution < -0.4 is 0 Å². The van der Waals surface area contributed by atoms with Gasteiger partial charge in [-0.3, -0.25) is 0 Å². The van der Waals surface area contributed by atoms with Crippen LogP contribution in [0.15, 0.2) is 167 Å². The summed E-state index contributed by atoms with van der Waals surface area (Å²) in [6.45, 7) is 9.64. The summed E-state index contributed by atoms with van der Waals surface area (Å²) in [5.41, 5.74) is 21.7. The number of benzene rings is 8. The fourth-order valence-corrected chi connectivity index (χ4v) is 10.3. The summed E-state index contributed by atoms with van der Waals surface area (Å²) < 4.78 is 12.9. The zero-order chi connectivity index (χ0) is 37.5. The average Bonchev–Trinajstić information content (AvgIpc) is 3.91. The Labute approximate surface area is 325 Å². The van der Waals surface area contributed by atoms with Crippen LogP contribution in [0.3, 0.4) is 0 Å². The average molecular weight is 719 g/mol. The smallest absolute Gasteiger partial charge is 0.136 e. The van der Waals surface area contributed by atoms with E-state index in [1.165, 1.54) is 72.3 Å². The van der Waals surface area contributed by atoms with Crippen LogP contribution in [-0.2, 0) is 10.8 Å². The highest BCUT2D eigenvalue weighted by Gasteiger charge is 2.45. The first-order valence-corrected chi connectivity index (χ1v) is 19.7. The van der Waals surface area contributed by atoms with Crippen molar-refractivity contribution < 1.29 is 8.83 Å². The Hall–Kier alpha value is -6.64. The lowest BCUT2D eigenvalue weighted by atomic mass is 9.72. The highest BCUT2D eigenvalue weighted by atomic mass is 16.3. The van der Waals surface area contributed by atoms with E-state index in [0.717, 1.165) is 49.4 Å². The number of fused-ring (bicyclic) bond motifs is 13. The molecule has 266 valence electrons. The quantitative estimate of drug-likeness (QED) is 0.182. The molecule has 0 fully saturated rings. The highest BCUT2D eigenvalue weighted by Crippen LogP contribution is 2.59. The molecule has 2 aromatic heterocycles. The van der Waals surface area contributed by atoms with E-state index in [2.05, 4.69) is 179 Å². The van der Waals surface area contributed by atoms with Crippen LogP contribution in [0.5, 0.6) is 0 Å². The highest BCUT2D eigenvalue weighted by molar-refractivity contribution is 6.15. The summed E-state index contributed by atoms with van der Waals surface area (Å²) in [5, 5.41) is 4.31. The molecule has 0 N–H and O–H groups in total. The molecule has 0 saturated heterocycles. The molecule has 2 heteroatoms. The first kappa shape index (κ1) is 31.7. The van der Waals surface area contributed by atoms with Crippen LogP contribution in [0.2, 0.25) is 0 Å². The number of furan rings is 2. The van der Waals surface area contributed by atoms with Gasteiger partial charge in [0.1, 0.15) is 22.3 Å². The summed E-state index contributed by atoms with van der Waals surface area (Å²) in [4.78, 5) is 0. The molecule has 0 unspecified atom stereocenters. The van der Waals surface area contributed by atoms with Crippen LogP contribution >= 0.6 is 0 Å². The standard InChI is InChI=1S/C54H38O2/c1-53(2)45-16-9-8-15-37(45)39-21-22-40-38-20-17-36(28-46(38)54(3,4)52(40)51(39)53)33-14-10-13-32(25-33)35-19-24-48-42(27-35)44-30-49-43(29-50(44)56-48)41-26-34(18-23-47(41)55-49)31-11-6-5-7-12-31/h5-30H,1-4H3. The molecule has 0 atom stereocenters. The minimum atomic E-state index is -0.133. The third kappa shape index (κ3) is 4.27. The van der Waals surface area contributed by atoms with Gasteiger partial charge in [-0.2, -0.15) is 0 Å². The van der Waals surface area contributed by atoms with Gasteiger partial charge in [-0.05, 0) is 126 Å². The van der Waals surface area contributed by atoms with Gasteiger partial charge in [-0.15, -0.1) is 0 Å².